The van der Waals surface area contributed by atoms with Crippen molar-refractivity contribution in [3.63, 3.8) is 0 Å². The van der Waals surface area contributed by atoms with E-state index in [-0.39, 0.29) is 11.8 Å². The van der Waals surface area contributed by atoms with Crippen LogP contribution in [0.15, 0.2) is 0 Å². The minimum absolute atomic E-state index is 0.230. The van der Waals surface area contributed by atoms with Gasteiger partial charge in [0, 0.05) is 6.04 Å². The van der Waals surface area contributed by atoms with Gasteiger partial charge in [-0.05, 0) is 25.7 Å². The summed E-state index contributed by atoms with van der Waals surface area (Å²) in [5.74, 6) is 0. The highest BCUT2D eigenvalue weighted by Gasteiger charge is 2.36. The van der Waals surface area contributed by atoms with Gasteiger partial charge in [-0.3, -0.25) is 4.79 Å². The van der Waals surface area contributed by atoms with Gasteiger partial charge in [-0.1, -0.05) is 39.5 Å². The molecule has 16 heavy (non-hydrogen) atoms. The largest absolute Gasteiger partial charge is 0.368 e. The molecule has 0 radical (unpaired) electrons. The first-order chi connectivity index (χ1) is 7.47. The minimum Gasteiger partial charge on any atom is -0.368 e. The lowest BCUT2D eigenvalue weighted by Crippen LogP contribution is -2.59. The summed E-state index contributed by atoms with van der Waals surface area (Å²) in [6.45, 7) is 6.04. The van der Waals surface area contributed by atoms with Crippen LogP contribution >= 0.6 is 0 Å². The molecular weight excluding hydrogens is 200 g/mol. The molecule has 0 aliphatic heterocycles. The van der Waals surface area contributed by atoms with Crippen molar-refractivity contribution in [1.29, 1.82) is 0 Å². The van der Waals surface area contributed by atoms with E-state index in [1.807, 2.05) is 6.92 Å². The second kappa shape index (κ2) is 5.67. The maximum Gasteiger partial charge on any atom is 0.237 e. The van der Waals surface area contributed by atoms with Crippen molar-refractivity contribution >= 4 is 5.91 Å². The number of nitrogens with one attached hydrogen (secondary N) is 1. The fraction of sp³-hybridized carbons (Fsp3) is 0.923. The van der Waals surface area contributed by atoms with E-state index in [1.54, 1.807) is 0 Å². The zero-order chi connectivity index (χ0) is 12.2. The Morgan fingerprint density at radius 1 is 1.25 bits per heavy atom. The minimum atomic E-state index is -0.561. The summed E-state index contributed by atoms with van der Waals surface area (Å²) in [6, 6.07) is 0.461. The molecule has 1 unspecified atom stereocenters. The number of nitrogens with two attached hydrogens (primary N) is 1. The zero-order valence-electron chi connectivity index (χ0n) is 10.9. The van der Waals surface area contributed by atoms with E-state index in [0.29, 0.717) is 6.04 Å². The van der Waals surface area contributed by atoms with Crippen LogP contribution in [0.2, 0.25) is 0 Å². The number of rotatable bonds is 4. The molecule has 1 aliphatic carbocycles. The summed E-state index contributed by atoms with van der Waals surface area (Å²) in [5.41, 5.74) is 4.97. The average Bonchev–Trinajstić information content (AvgIpc) is 2.45. The van der Waals surface area contributed by atoms with Crippen LogP contribution in [0, 0.1) is 5.92 Å². The summed E-state index contributed by atoms with van der Waals surface area (Å²) >= 11 is 0. The summed E-state index contributed by atoms with van der Waals surface area (Å²) in [6.07, 6.45) is 7.54. The number of hydrogen-bond donors (Lipinski definition) is 2. The van der Waals surface area contributed by atoms with Gasteiger partial charge in [-0.15, -0.1) is 0 Å². The molecule has 0 saturated heterocycles. The van der Waals surface area contributed by atoms with Gasteiger partial charge in [0.05, 0.1) is 5.54 Å². The van der Waals surface area contributed by atoms with Gasteiger partial charge in [0.15, 0.2) is 0 Å². The third-order valence-electron chi connectivity index (χ3n) is 4.03. The third kappa shape index (κ3) is 3.21. The molecule has 3 nitrogen and oxygen atoms in total. The van der Waals surface area contributed by atoms with E-state index in [9.17, 15) is 4.79 Å². The number of hydrogen-bond acceptors (Lipinski definition) is 2. The van der Waals surface area contributed by atoms with Crippen LogP contribution in [0.4, 0.5) is 0 Å². The van der Waals surface area contributed by atoms with Crippen LogP contribution in [0.1, 0.15) is 59.3 Å². The number of carbonyl (C=O) groups excluding carboxylic acids is 1. The average molecular weight is 226 g/mol. The van der Waals surface area contributed by atoms with Crippen molar-refractivity contribution in [3.05, 3.63) is 0 Å². The second-order valence-electron chi connectivity index (χ2n) is 5.55. The lowest BCUT2D eigenvalue weighted by atomic mass is 9.86. The summed E-state index contributed by atoms with van der Waals surface area (Å²) < 4.78 is 0. The number of carbonyl (C=O) groups is 1. The van der Waals surface area contributed by atoms with Crippen LogP contribution in [-0.2, 0) is 4.79 Å². The molecule has 94 valence electrons. The van der Waals surface area contributed by atoms with Gasteiger partial charge in [-0.2, -0.15) is 0 Å². The Morgan fingerprint density at radius 2 is 1.75 bits per heavy atom. The Bertz CT molecular complexity index is 232. The molecule has 0 aromatic carbocycles. The Morgan fingerprint density at radius 3 is 2.12 bits per heavy atom. The Labute approximate surface area is 99.2 Å². The van der Waals surface area contributed by atoms with E-state index in [4.69, 9.17) is 5.73 Å². The first-order valence-electron chi connectivity index (χ1n) is 6.54. The molecule has 1 atom stereocenters. The molecule has 1 fully saturated rings. The predicted molar refractivity (Wildman–Crippen MR) is 67.1 cm³/mol. The fourth-order valence-electron chi connectivity index (χ4n) is 2.37. The quantitative estimate of drug-likeness (QED) is 0.722. The summed E-state index contributed by atoms with van der Waals surface area (Å²) in [4.78, 5) is 11.6. The summed E-state index contributed by atoms with van der Waals surface area (Å²) in [5, 5.41) is 3.50. The van der Waals surface area contributed by atoms with Crippen LogP contribution in [0.25, 0.3) is 0 Å². The molecular formula is C13H26N2O. The molecule has 1 saturated carbocycles. The van der Waals surface area contributed by atoms with E-state index in [1.165, 1.54) is 38.5 Å². The van der Waals surface area contributed by atoms with Crippen LogP contribution in [0.5, 0.6) is 0 Å². The molecule has 3 N–H and O–H groups in total. The number of primary amides is 1. The van der Waals surface area contributed by atoms with Crippen LogP contribution in [0.3, 0.4) is 0 Å². The van der Waals surface area contributed by atoms with Crippen molar-refractivity contribution in [3.8, 4) is 0 Å². The van der Waals surface area contributed by atoms with E-state index >= 15 is 0 Å². The molecule has 0 aromatic heterocycles. The highest BCUT2D eigenvalue weighted by atomic mass is 16.1. The first-order valence-corrected chi connectivity index (χ1v) is 6.54. The van der Waals surface area contributed by atoms with Crippen molar-refractivity contribution in [2.75, 3.05) is 0 Å². The monoisotopic (exact) mass is 226 g/mol. The molecule has 0 spiro atoms. The standard InChI is InChI=1S/C13H26N2O/c1-10(2)13(3,12(14)16)15-11-8-6-4-5-7-9-11/h10-11,15H,4-9H2,1-3H3,(H2,14,16). The predicted octanol–water partition coefficient (Wildman–Crippen LogP) is 2.20. The molecule has 1 aliphatic rings. The van der Waals surface area contributed by atoms with Crippen molar-refractivity contribution in [1.82, 2.24) is 5.32 Å². The highest BCUT2D eigenvalue weighted by molar-refractivity contribution is 5.84. The van der Waals surface area contributed by atoms with Gasteiger partial charge in [0.25, 0.3) is 0 Å². The maximum absolute atomic E-state index is 11.6. The Balaban J connectivity index is 2.63. The Kier molecular flexibility index (Phi) is 4.78. The highest BCUT2D eigenvalue weighted by Crippen LogP contribution is 2.23. The van der Waals surface area contributed by atoms with Gasteiger partial charge >= 0.3 is 0 Å². The van der Waals surface area contributed by atoms with Crippen LogP contribution < -0.4 is 11.1 Å². The molecule has 0 heterocycles. The third-order valence-corrected chi connectivity index (χ3v) is 4.03. The van der Waals surface area contributed by atoms with Gasteiger partial charge < -0.3 is 11.1 Å². The van der Waals surface area contributed by atoms with Crippen LogP contribution in [-0.4, -0.2) is 17.5 Å². The van der Waals surface area contributed by atoms with Gasteiger partial charge in [-0.25, -0.2) is 0 Å². The normalized spacial score (nSPS) is 22.8. The zero-order valence-corrected chi connectivity index (χ0v) is 10.9. The maximum atomic E-state index is 11.6. The first kappa shape index (κ1) is 13.5. The number of amides is 1. The molecule has 0 aromatic rings. The van der Waals surface area contributed by atoms with E-state index in [2.05, 4.69) is 19.2 Å². The molecule has 3 heteroatoms. The van der Waals surface area contributed by atoms with Crippen molar-refractivity contribution in [2.45, 2.75) is 70.9 Å². The van der Waals surface area contributed by atoms with E-state index in [0.717, 1.165) is 0 Å². The Hall–Kier alpha value is -0.570. The van der Waals surface area contributed by atoms with Gasteiger partial charge in [0.2, 0.25) is 5.91 Å². The second-order valence-corrected chi connectivity index (χ2v) is 5.55. The molecule has 0 bridgehead atoms. The smallest absolute Gasteiger partial charge is 0.237 e. The lowest BCUT2D eigenvalue weighted by Gasteiger charge is -2.35. The van der Waals surface area contributed by atoms with Gasteiger partial charge in [0.1, 0.15) is 0 Å². The molecule has 1 rings (SSSR count). The fourth-order valence-corrected chi connectivity index (χ4v) is 2.37. The van der Waals surface area contributed by atoms with Crippen molar-refractivity contribution < 1.29 is 4.79 Å². The van der Waals surface area contributed by atoms with E-state index < -0.39 is 5.54 Å². The van der Waals surface area contributed by atoms with Crippen molar-refractivity contribution in [2.24, 2.45) is 11.7 Å². The topological polar surface area (TPSA) is 55.1 Å². The molecule has 1 amide bonds. The summed E-state index contributed by atoms with van der Waals surface area (Å²) in [7, 11) is 0. The SMILES string of the molecule is CC(C)C(C)(NC1CCCCCC1)C(N)=O. The lowest BCUT2D eigenvalue weighted by molar-refractivity contribution is -0.125.